The highest BCUT2D eigenvalue weighted by Gasteiger charge is 2.22. The molecule has 1 aliphatic heterocycles. The zero-order chi connectivity index (χ0) is 19.6. The number of nitrogens with one attached hydrogen (secondary N) is 1. The summed E-state index contributed by atoms with van der Waals surface area (Å²) in [6, 6.07) is 10.9. The summed E-state index contributed by atoms with van der Waals surface area (Å²) in [5.41, 5.74) is 3.39. The van der Waals surface area contributed by atoms with Crippen molar-refractivity contribution in [2.24, 2.45) is 0 Å². The van der Waals surface area contributed by atoms with Crippen molar-refractivity contribution >= 4 is 21.6 Å². The highest BCUT2D eigenvalue weighted by Crippen LogP contribution is 2.33. The number of fused-ring (bicyclic) bond motifs is 1. The SMILES string of the molecule is Cc1ccc(NC(=O)CN(Cc2ccc3c(c2)OCO3)S(C)(=O)=O)c(C)c1. The predicted octanol–water partition coefficient (Wildman–Crippen LogP) is 2.43. The van der Waals surface area contributed by atoms with Crippen LogP contribution in [0.1, 0.15) is 16.7 Å². The van der Waals surface area contributed by atoms with Gasteiger partial charge in [0, 0.05) is 12.2 Å². The lowest BCUT2D eigenvalue weighted by atomic mass is 10.1. The fourth-order valence-corrected chi connectivity index (χ4v) is 3.57. The third-order valence-corrected chi connectivity index (χ3v) is 5.44. The van der Waals surface area contributed by atoms with E-state index in [4.69, 9.17) is 9.47 Å². The maximum Gasteiger partial charge on any atom is 0.239 e. The highest BCUT2D eigenvalue weighted by molar-refractivity contribution is 7.88. The normalized spacial score (nSPS) is 13.0. The Morgan fingerprint density at radius 2 is 1.85 bits per heavy atom. The van der Waals surface area contributed by atoms with Crippen molar-refractivity contribution in [1.29, 1.82) is 0 Å². The van der Waals surface area contributed by atoms with E-state index in [0.29, 0.717) is 22.7 Å². The van der Waals surface area contributed by atoms with Gasteiger partial charge in [-0.2, -0.15) is 4.31 Å². The molecule has 0 atom stereocenters. The minimum atomic E-state index is -3.58. The molecule has 1 amide bonds. The largest absolute Gasteiger partial charge is 0.454 e. The van der Waals surface area contributed by atoms with Crippen molar-refractivity contribution in [2.75, 3.05) is 24.9 Å². The second kappa shape index (κ2) is 7.58. The van der Waals surface area contributed by atoms with Crippen LogP contribution in [0.5, 0.6) is 11.5 Å². The lowest BCUT2D eigenvalue weighted by Gasteiger charge is -2.20. The van der Waals surface area contributed by atoms with Gasteiger partial charge < -0.3 is 14.8 Å². The van der Waals surface area contributed by atoms with Crippen molar-refractivity contribution in [1.82, 2.24) is 4.31 Å². The van der Waals surface area contributed by atoms with Gasteiger partial charge in [-0.05, 0) is 43.2 Å². The van der Waals surface area contributed by atoms with Crippen LogP contribution in [0, 0.1) is 13.8 Å². The van der Waals surface area contributed by atoms with Crippen molar-refractivity contribution < 1.29 is 22.7 Å². The van der Waals surface area contributed by atoms with Crippen LogP contribution in [-0.4, -0.2) is 38.2 Å². The predicted molar refractivity (Wildman–Crippen MR) is 102 cm³/mol. The third kappa shape index (κ3) is 4.78. The van der Waals surface area contributed by atoms with Crippen LogP contribution in [0.3, 0.4) is 0 Å². The molecule has 0 spiro atoms. The van der Waals surface area contributed by atoms with Crippen LogP contribution in [0.4, 0.5) is 5.69 Å². The van der Waals surface area contributed by atoms with Crippen LogP contribution >= 0.6 is 0 Å². The fourth-order valence-electron chi connectivity index (χ4n) is 2.84. The van der Waals surface area contributed by atoms with Gasteiger partial charge in [-0.3, -0.25) is 4.79 Å². The van der Waals surface area contributed by atoms with Crippen molar-refractivity contribution in [3.8, 4) is 11.5 Å². The molecule has 2 aromatic carbocycles. The quantitative estimate of drug-likeness (QED) is 0.819. The van der Waals surface area contributed by atoms with Crippen LogP contribution in [-0.2, 0) is 21.4 Å². The molecule has 3 rings (SSSR count). The van der Waals surface area contributed by atoms with Gasteiger partial charge in [0.2, 0.25) is 22.7 Å². The van der Waals surface area contributed by atoms with Gasteiger partial charge in [0.1, 0.15) is 0 Å². The number of amides is 1. The minimum Gasteiger partial charge on any atom is -0.454 e. The molecule has 1 N–H and O–H groups in total. The Kier molecular flexibility index (Phi) is 5.38. The number of carbonyl (C=O) groups excluding carboxylic acids is 1. The number of ether oxygens (including phenoxy) is 2. The number of aryl methyl sites for hydroxylation is 2. The summed E-state index contributed by atoms with van der Waals surface area (Å²) in [7, 11) is -3.58. The Morgan fingerprint density at radius 1 is 1.11 bits per heavy atom. The molecule has 0 radical (unpaired) electrons. The van der Waals surface area contributed by atoms with Gasteiger partial charge in [0.15, 0.2) is 11.5 Å². The number of nitrogens with zero attached hydrogens (tertiary/aromatic N) is 1. The summed E-state index contributed by atoms with van der Waals surface area (Å²) in [6.07, 6.45) is 1.09. The molecular formula is C19H22N2O5S. The Hall–Kier alpha value is -2.58. The van der Waals surface area contributed by atoms with Gasteiger partial charge in [-0.1, -0.05) is 23.8 Å². The molecule has 0 saturated heterocycles. The van der Waals surface area contributed by atoms with Gasteiger partial charge in [-0.15, -0.1) is 0 Å². The van der Waals surface area contributed by atoms with E-state index in [0.717, 1.165) is 21.7 Å². The van der Waals surface area contributed by atoms with E-state index in [1.807, 2.05) is 32.0 Å². The summed E-state index contributed by atoms with van der Waals surface area (Å²) in [4.78, 5) is 12.4. The number of rotatable bonds is 6. The Balaban J connectivity index is 1.72. The van der Waals surface area contributed by atoms with E-state index in [1.165, 1.54) is 0 Å². The first kappa shape index (κ1) is 19.2. The van der Waals surface area contributed by atoms with Crippen LogP contribution < -0.4 is 14.8 Å². The number of anilines is 1. The van der Waals surface area contributed by atoms with E-state index >= 15 is 0 Å². The summed E-state index contributed by atoms with van der Waals surface area (Å²) in [6.45, 7) is 3.79. The first-order valence-electron chi connectivity index (χ1n) is 8.43. The Labute approximate surface area is 158 Å². The number of hydrogen-bond acceptors (Lipinski definition) is 5. The number of sulfonamides is 1. The molecule has 144 valence electrons. The molecular weight excluding hydrogens is 368 g/mol. The molecule has 0 aliphatic carbocycles. The molecule has 1 aliphatic rings. The van der Waals surface area contributed by atoms with Gasteiger partial charge in [0.25, 0.3) is 0 Å². The Bertz CT molecular complexity index is 972. The number of hydrogen-bond donors (Lipinski definition) is 1. The van der Waals surface area contributed by atoms with Crippen molar-refractivity contribution in [3.05, 3.63) is 53.1 Å². The molecule has 1 heterocycles. The van der Waals surface area contributed by atoms with Crippen molar-refractivity contribution in [2.45, 2.75) is 20.4 Å². The smallest absolute Gasteiger partial charge is 0.239 e. The second-order valence-electron chi connectivity index (χ2n) is 6.59. The summed E-state index contributed by atoms with van der Waals surface area (Å²) >= 11 is 0. The summed E-state index contributed by atoms with van der Waals surface area (Å²) in [5, 5.41) is 2.78. The minimum absolute atomic E-state index is 0.0653. The molecule has 0 unspecified atom stereocenters. The third-order valence-electron chi connectivity index (χ3n) is 4.24. The molecule has 7 nitrogen and oxygen atoms in total. The van der Waals surface area contributed by atoms with E-state index < -0.39 is 15.9 Å². The molecule has 27 heavy (non-hydrogen) atoms. The van der Waals surface area contributed by atoms with E-state index in [9.17, 15) is 13.2 Å². The van der Waals surface area contributed by atoms with E-state index in [2.05, 4.69) is 5.32 Å². The summed E-state index contributed by atoms with van der Waals surface area (Å²) < 4.78 is 36.0. The van der Waals surface area contributed by atoms with E-state index in [1.54, 1.807) is 18.2 Å². The zero-order valence-corrected chi connectivity index (χ0v) is 16.3. The maximum absolute atomic E-state index is 12.4. The monoisotopic (exact) mass is 390 g/mol. The van der Waals surface area contributed by atoms with Crippen LogP contribution in [0.15, 0.2) is 36.4 Å². The Morgan fingerprint density at radius 3 is 2.56 bits per heavy atom. The molecule has 0 fully saturated rings. The first-order chi connectivity index (χ1) is 12.7. The van der Waals surface area contributed by atoms with Crippen LogP contribution in [0.2, 0.25) is 0 Å². The van der Waals surface area contributed by atoms with Gasteiger partial charge in [-0.25, -0.2) is 8.42 Å². The molecule has 0 aromatic heterocycles. The van der Waals surface area contributed by atoms with E-state index in [-0.39, 0.29) is 19.9 Å². The lowest BCUT2D eigenvalue weighted by molar-refractivity contribution is -0.116. The first-order valence-corrected chi connectivity index (χ1v) is 10.3. The molecule has 8 heteroatoms. The van der Waals surface area contributed by atoms with Gasteiger partial charge >= 0.3 is 0 Å². The zero-order valence-electron chi connectivity index (χ0n) is 15.5. The molecule has 0 bridgehead atoms. The topological polar surface area (TPSA) is 84.9 Å². The number of carbonyl (C=O) groups is 1. The molecule has 0 saturated carbocycles. The average molecular weight is 390 g/mol. The van der Waals surface area contributed by atoms with Gasteiger partial charge in [0.05, 0.1) is 12.8 Å². The average Bonchev–Trinajstić information content (AvgIpc) is 3.04. The fraction of sp³-hybridized carbons (Fsp3) is 0.316. The lowest BCUT2D eigenvalue weighted by Crippen LogP contribution is -2.37. The highest BCUT2D eigenvalue weighted by atomic mass is 32.2. The van der Waals surface area contributed by atoms with Crippen molar-refractivity contribution in [3.63, 3.8) is 0 Å². The summed E-state index contributed by atoms with van der Waals surface area (Å²) in [5.74, 6) is 0.797. The second-order valence-corrected chi connectivity index (χ2v) is 8.57. The van der Waals surface area contributed by atoms with Crippen LogP contribution in [0.25, 0.3) is 0 Å². The molecule has 2 aromatic rings. The maximum atomic E-state index is 12.4. The number of benzene rings is 2. The standard InChI is InChI=1S/C19H22N2O5S/c1-13-4-6-16(14(2)8-13)20-19(22)11-21(27(3,23)24)10-15-5-7-17-18(9-15)26-12-25-17/h4-9H,10-12H2,1-3H3,(H,20,22).